The van der Waals surface area contributed by atoms with Crippen LogP contribution in [0.5, 0.6) is 5.75 Å². The van der Waals surface area contributed by atoms with Crippen molar-refractivity contribution in [1.82, 2.24) is 4.57 Å². The molecule has 1 amide bonds. The van der Waals surface area contributed by atoms with Crippen LogP contribution < -0.4 is 9.54 Å². The van der Waals surface area contributed by atoms with Crippen molar-refractivity contribution in [2.24, 2.45) is 4.99 Å². The Hall–Kier alpha value is -2.44. The minimum atomic E-state index is -0.254. The number of rotatable bonds is 8. The van der Waals surface area contributed by atoms with Gasteiger partial charge in [0, 0.05) is 19.2 Å². The highest BCUT2D eigenvalue weighted by Crippen LogP contribution is 2.21. The SMILES string of the molecule is CCCCOc1ccc(C(=O)N=c2sc3cccc(C)c3n2CCOC)cc1. The number of aryl methyl sites for hydroxylation is 1. The number of nitrogens with zero attached hydrogens (tertiary/aromatic N) is 2. The number of methoxy groups -OCH3 is 1. The summed E-state index contributed by atoms with van der Waals surface area (Å²) in [4.78, 5) is 17.8. The number of carbonyl (C=O) groups excluding carboxylic acids is 1. The Bertz CT molecular complexity index is 1000. The van der Waals surface area contributed by atoms with E-state index in [1.807, 2.05) is 18.2 Å². The summed E-state index contributed by atoms with van der Waals surface area (Å²) in [5.41, 5.74) is 2.82. The van der Waals surface area contributed by atoms with Crippen molar-refractivity contribution in [3.8, 4) is 5.75 Å². The Morgan fingerprint density at radius 3 is 2.64 bits per heavy atom. The fourth-order valence-electron chi connectivity index (χ4n) is 2.96. The maximum atomic E-state index is 12.7. The third-order valence-electron chi connectivity index (χ3n) is 4.49. The van der Waals surface area contributed by atoms with Crippen LogP contribution in [0.2, 0.25) is 0 Å². The molecule has 0 saturated heterocycles. The zero-order chi connectivity index (χ0) is 19.9. The zero-order valence-electron chi connectivity index (χ0n) is 16.6. The van der Waals surface area contributed by atoms with Gasteiger partial charge in [-0.25, -0.2) is 0 Å². The summed E-state index contributed by atoms with van der Waals surface area (Å²) in [5, 5.41) is 0. The van der Waals surface area contributed by atoms with Crippen molar-refractivity contribution in [3.05, 3.63) is 58.4 Å². The number of amides is 1. The third-order valence-corrected chi connectivity index (χ3v) is 5.53. The second kappa shape index (κ2) is 9.66. The zero-order valence-corrected chi connectivity index (χ0v) is 17.4. The van der Waals surface area contributed by atoms with Gasteiger partial charge in [0.15, 0.2) is 4.80 Å². The highest BCUT2D eigenvalue weighted by atomic mass is 32.1. The summed E-state index contributed by atoms with van der Waals surface area (Å²) in [6, 6.07) is 13.3. The number of hydrogen-bond acceptors (Lipinski definition) is 4. The Kier molecular flexibility index (Phi) is 7.01. The number of ether oxygens (including phenoxy) is 2. The topological polar surface area (TPSA) is 52.8 Å². The molecule has 0 aliphatic carbocycles. The number of unbranched alkanes of at least 4 members (excludes halogenated alkanes) is 1. The molecule has 0 aliphatic heterocycles. The molecule has 1 aromatic heterocycles. The van der Waals surface area contributed by atoms with Crippen LogP contribution in [0.3, 0.4) is 0 Å². The van der Waals surface area contributed by atoms with Crippen LogP contribution in [0.4, 0.5) is 0 Å². The van der Waals surface area contributed by atoms with Crippen molar-refractivity contribution >= 4 is 27.5 Å². The molecule has 148 valence electrons. The van der Waals surface area contributed by atoms with Crippen LogP contribution in [-0.4, -0.2) is 30.8 Å². The normalized spacial score (nSPS) is 11.9. The lowest BCUT2D eigenvalue weighted by Gasteiger charge is -2.06. The Balaban J connectivity index is 1.90. The number of para-hydroxylation sites is 1. The Morgan fingerprint density at radius 2 is 1.93 bits per heavy atom. The molecule has 0 radical (unpaired) electrons. The van der Waals surface area contributed by atoms with E-state index in [0.717, 1.165) is 34.4 Å². The molecular weight excluding hydrogens is 372 g/mol. The summed E-state index contributed by atoms with van der Waals surface area (Å²) >= 11 is 1.52. The van der Waals surface area contributed by atoms with Gasteiger partial charge in [-0.15, -0.1) is 0 Å². The van der Waals surface area contributed by atoms with Crippen molar-refractivity contribution in [2.75, 3.05) is 20.3 Å². The van der Waals surface area contributed by atoms with Gasteiger partial charge in [-0.1, -0.05) is 36.8 Å². The molecule has 3 aromatic rings. The van der Waals surface area contributed by atoms with E-state index in [0.29, 0.717) is 30.1 Å². The van der Waals surface area contributed by atoms with Gasteiger partial charge in [-0.2, -0.15) is 4.99 Å². The van der Waals surface area contributed by atoms with E-state index in [9.17, 15) is 4.79 Å². The van der Waals surface area contributed by atoms with Crippen molar-refractivity contribution in [3.63, 3.8) is 0 Å². The molecule has 0 saturated carbocycles. The second-order valence-corrected chi connectivity index (χ2v) is 7.60. The summed E-state index contributed by atoms with van der Waals surface area (Å²) in [6.45, 7) is 6.10. The van der Waals surface area contributed by atoms with Gasteiger partial charge in [-0.3, -0.25) is 4.79 Å². The van der Waals surface area contributed by atoms with E-state index in [1.165, 1.54) is 11.3 Å². The average Bonchev–Trinajstić information content (AvgIpc) is 3.05. The van der Waals surface area contributed by atoms with Crippen molar-refractivity contribution in [1.29, 1.82) is 0 Å². The average molecular weight is 399 g/mol. The first-order chi connectivity index (χ1) is 13.6. The van der Waals surface area contributed by atoms with Crippen molar-refractivity contribution in [2.45, 2.75) is 33.2 Å². The molecule has 0 fully saturated rings. The van der Waals surface area contributed by atoms with E-state index in [1.54, 1.807) is 19.2 Å². The van der Waals surface area contributed by atoms with Crippen LogP contribution in [0.25, 0.3) is 10.2 Å². The molecular formula is C22H26N2O3S. The van der Waals surface area contributed by atoms with Gasteiger partial charge in [0.25, 0.3) is 5.91 Å². The summed E-state index contributed by atoms with van der Waals surface area (Å²) in [7, 11) is 1.67. The molecule has 0 aliphatic rings. The van der Waals surface area contributed by atoms with Gasteiger partial charge in [0.2, 0.25) is 0 Å². The lowest BCUT2D eigenvalue weighted by Crippen LogP contribution is -2.19. The van der Waals surface area contributed by atoms with Gasteiger partial charge >= 0.3 is 0 Å². The molecule has 0 spiro atoms. The first-order valence-electron chi connectivity index (χ1n) is 9.54. The predicted molar refractivity (Wildman–Crippen MR) is 113 cm³/mol. The summed E-state index contributed by atoms with van der Waals surface area (Å²) < 4.78 is 14.1. The fraction of sp³-hybridized carbons (Fsp3) is 0.364. The quantitative estimate of drug-likeness (QED) is 0.522. The molecule has 2 aromatic carbocycles. The lowest BCUT2D eigenvalue weighted by atomic mass is 10.2. The second-order valence-electron chi connectivity index (χ2n) is 6.59. The van der Waals surface area contributed by atoms with Crippen LogP contribution >= 0.6 is 11.3 Å². The lowest BCUT2D eigenvalue weighted by molar-refractivity contribution is 0.0997. The van der Waals surface area contributed by atoms with Gasteiger partial charge in [0.1, 0.15) is 5.75 Å². The Morgan fingerprint density at radius 1 is 1.14 bits per heavy atom. The van der Waals surface area contributed by atoms with Crippen molar-refractivity contribution < 1.29 is 14.3 Å². The number of hydrogen-bond donors (Lipinski definition) is 0. The van der Waals surface area contributed by atoms with Gasteiger partial charge in [-0.05, 0) is 49.2 Å². The maximum Gasteiger partial charge on any atom is 0.279 e. The maximum absolute atomic E-state index is 12.7. The van der Waals surface area contributed by atoms with E-state index < -0.39 is 0 Å². The first-order valence-corrected chi connectivity index (χ1v) is 10.4. The van der Waals surface area contributed by atoms with Crippen LogP contribution in [-0.2, 0) is 11.3 Å². The number of fused-ring (bicyclic) bond motifs is 1. The third kappa shape index (κ3) is 4.69. The molecule has 6 heteroatoms. The molecule has 0 N–H and O–H groups in total. The highest BCUT2D eigenvalue weighted by molar-refractivity contribution is 7.16. The molecule has 0 atom stereocenters. The molecule has 28 heavy (non-hydrogen) atoms. The molecule has 5 nitrogen and oxygen atoms in total. The number of thiazole rings is 1. The number of aromatic nitrogens is 1. The molecule has 3 rings (SSSR count). The molecule has 1 heterocycles. The molecule has 0 unspecified atom stereocenters. The van der Waals surface area contributed by atoms with Gasteiger partial charge < -0.3 is 14.0 Å². The van der Waals surface area contributed by atoms with Gasteiger partial charge in [0.05, 0.1) is 23.4 Å². The molecule has 0 bridgehead atoms. The minimum Gasteiger partial charge on any atom is -0.494 e. The van der Waals surface area contributed by atoms with E-state index in [-0.39, 0.29) is 5.91 Å². The van der Waals surface area contributed by atoms with E-state index in [4.69, 9.17) is 9.47 Å². The largest absolute Gasteiger partial charge is 0.494 e. The standard InChI is InChI=1S/C22H26N2O3S/c1-4-5-14-27-18-11-9-17(10-12-18)21(25)23-22-24(13-15-26-3)20-16(2)7-6-8-19(20)28-22/h6-12H,4-5,13-15H2,1-3H3. The highest BCUT2D eigenvalue weighted by Gasteiger charge is 2.11. The first kappa shape index (κ1) is 20.3. The monoisotopic (exact) mass is 398 g/mol. The summed E-state index contributed by atoms with van der Waals surface area (Å²) in [6.07, 6.45) is 2.11. The fourth-order valence-corrected chi connectivity index (χ4v) is 4.09. The van der Waals surface area contributed by atoms with Crippen LogP contribution in [0.1, 0.15) is 35.7 Å². The predicted octanol–water partition coefficient (Wildman–Crippen LogP) is 4.58. The Labute approximate surface area is 169 Å². The van der Waals surface area contributed by atoms with E-state index >= 15 is 0 Å². The smallest absolute Gasteiger partial charge is 0.279 e. The summed E-state index contributed by atoms with van der Waals surface area (Å²) in [5.74, 6) is 0.521. The van der Waals surface area contributed by atoms with Crippen LogP contribution in [0, 0.1) is 6.92 Å². The van der Waals surface area contributed by atoms with E-state index in [2.05, 4.69) is 35.5 Å². The number of benzene rings is 2. The number of carbonyl (C=O) groups is 1. The minimum absolute atomic E-state index is 0.254. The van der Waals surface area contributed by atoms with Crippen LogP contribution in [0.15, 0.2) is 47.5 Å².